The Morgan fingerprint density at radius 3 is 2.08 bits per heavy atom. The van der Waals surface area contributed by atoms with Gasteiger partial charge in [-0.3, -0.25) is 9.18 Å². The Morgan fingerprint density at radius 1 is 0.896 bits per heavy atom. The number of unbranched alkanes of at least 4 members (excludes halogenated alkanes) is 8. The molecule has 1 rings (SSSR count). The maximum atomic E-state index is 14.2. The summed E-state index contributed by atoms with van der Waals surface area (Å²) in [7, 11) is 2.49. The largest absolute Gasteiger partial charge is 0.494 e. The van der Waals surface area contributed by atoms with Crippen LogP contribution in [0.15, 0.2) is 36.4 Å². The first-order valence-electron chi connectivity index (χ1n) is 17.1. The van der Waals surface area contributed by atoms with E-state index >= 15 is 0 Å². The van der Waals surface area contributed by atoms with Crippen molar-refractivity contribution >= 4 is 17.8 Å². The van der Waals surface area contributed by atoms with E-state index in [1.807, 2.05) is 0 Å². The summed E-state index contributed by atoms with van der Waals surface area (Å²) in [6.07, 6.45) is 9.73. The lowest BCUT2D eigenvalue weighted by atomic mass is 9.83. The minimum atomic E-state index is -2.66. The second kappa shape index (κ2) is 24.1. The van der Waals surface area contributed by atoms with Crippen LogP contribution in [0.2, 0.25) is 0 Å². The van der Waals surface area contributed by atoms with Crippen LogP contribution in [-0.2, 0) is 30.3 Å². The number of allylic oxidation sites excluding steroid dienone is 1. The van der Waals surface area contributed by atoms with E-state index in [1.54, 1.807) is 30.3 Å². The van der Waals surface area contributed by atoms with Crippen molar-refractivity contribution in [2.45, 2.75) is 121 Å². The third kappa shape index (κ3) is 16.8. The van der Waals surface area contributed by atoms with Crippen LogP contribution in [0.5, 0.6) is 5.75 Å². The van der Waals surface area contributed by atoms with Gasteiger partial charge in [0, 0.05) is 45.8 Å². The highest BCUT2D eigenvalue weighted by Gasteiger charge is 2.47. The number of methoxy groups -OCH3 is 2. The molecule has 0 saturated heterocycles. The smallest absolute Gasteiger partial charge is 0.336 e. The summed E-state index contributed by atoms with van der Waals surface area (Å²) in [5.41, 5.74) is -1.91. The molecule has 3 atom stereocenters. The van der Waals surface area contributed by atoms with E-state index in [0.29, 0.717) is 49.8 Å². The molecular weight excluding hydrogens is 631 g/mol. The molecule has 1 aromatic carbocycles. The number of aliphatic hydroxyl groups is 1. The standard InChI is InChI=1S/C36H56F3NO8/c1-4-5-6-10-13-21-35(38,39)22-14-11-8-7-9-12-16-30(36(45,34(43)44)23-26-46-2)32(41)40-31(33(42)47-3)27-28-17-19-29(20-18-28)48-25-15-24-37/h12,16-20,30-31,45H,4-11,13-15,21-27H2,1-3H3,(H,40,41)(H,43,44)/b16-12+/t30-,31+,36+/m1/s1. The lowest BCUT2D eigenvalue weighted by Crippen LogP contribution is -2.55. The summed E-state index contributed by atoms with van der Waals surface area (Å²) in [6, 6.07) is 5.43. The Labute approximate surface area is 283 Å². The van der Waals surface area contributed by atoms with Gasteiger partial charge in [-0.2, -0.15) is 0 Å². The number of hydrogen-bond acceptors (Lipinski definition) is 7. The van der Waals surface area contributed by atoms with Crippen molar-refractivity contribution in [1.82, 2.24) is 5.32 Å². The van der Waals surface area contributed by atoms with E-state index in [9.17, 15) is 37.8 Å². The Balaban J connectivity index is 2.88. The molecule has 0 unspecified atom stereocenters. The van der Waals surface area contributed by atoms with Crippen molar-refractivity contribution in [2.24, 2.45) is 5.92 Å². The Hall–Kier alpha value is -3.12. The van der Waals surface area contributed by atoms with E-state index in [-0.39, 0.29) is 38.9 Å². The molecular formula is C36H56F3NO8. The Morgan fingerprint density at radius 2 is 1.52 bits per heavy atom. The topological polar surface area (TPSA) is 131 Å². The van der Waals surface area contributed by atoms with Crippen LogP contribution >= 0.6 is 0 Å². The molecule has 48 heavy (non-hydrogen) atoms. The first-order chi connectivity index (χ1) is 22.9. The second-order valence-electron chi connectivity index (χ2n) is 12.2. The average molecular weight is 688 g/mol. The minimum absolute atomic E-state index is 0.00107. The SMILES string of the molecule is CCCCCCCC(F)(F)CCCCCC/C=C/[C@H](C(=O)N[C@@H](Cc1ccc(OCCCF)cc1)C(=O)OC)[C@@](O)(CCOC)C(=O)O. The molecule has 3 N–H and O–H groups in total. The van der Waals surface area contributed by atoms with Crippen molar-refractivity contribution in [3.63, 3.8) is 0 Å². The molecule has 9 nitrogen and oxygen atoms in total. The second-order valence-corrected chi connectivity index (χ2v) is 12.2. The van der Waals surface area contributed by atoms with Gasteiger partial charge in [0.2, 0.25) is 11.8 Å². The van der Waals surface area contributed by atoms with Crippen molar-refractivity contribution in [3.05, 3.63) is 42.0 Å². The van der Waals surface area contributed by atoms with Gasteiger partial charge in [-0.1, -0.05) is 69.7 Å². The van der Waals surface area contributed by atoms with Crippen LogP contribution in [0.4, 0.5) is 13.2 Å². The molecule has 0 aromatic heterocycles. The summed E-state index contributed by atoms with van der Waals surface area (Å²) < 4.78 is 56.0. The third-order valence-corrected chi connectivity index (χ3v) is 8.20. The van der Waals surface area contributed by atoms with Gasteiger partial charge in [0.05, 0.1) is 26.3 Å². The lowest BCUT2D eigenvalue weighted by Gasteiger charge is -2.30. The highest BCUT2D eigenvalue weighted by Crippen LogP contribution is 2.29. The van der Waals surface area contributed by atoms with E-state index in [2.05, 4.69) is 12.2 Å². The molecule has 0 spiro atoms. The van der Waals surface area contributed by atoms with Gasteiger partial charge in [-0.25, -0.2) is 18.4 Å². The Bertz CT molecular complexity index is 1090. The highest BCUT2D eigenvalue weighted by molar-refractivity contribution is 5.92. The zero-order valence-corrected chi connectivity index (χ0v) is 28.8. The molecule has 0 fully saturated rings. The van der Waals surface area contributed by atoms with Gasteiger partial charge >= 0.3 is 11.9 Å². The fraction of sp³-hybridized carbons (Fsp3) is 0.694. The van der Waals surface area contributed by atoms with Crippen LogP contribution in [-0.4, -0.2) is 79.7 Å². The van der Waals surface area contributed by atoms with Gasteiger partial charge < -0.3 is 29.7 Å². The van der Waals surface area contributed by atoms with Crippen molar-refractivity contribution in [2.75, 3.05) is 34.1 Å². The number of carbonyl (C=O) groups is 3. The maximum Gasteiger partial charge on any atom is 0.336 e. The summed E-state index contributed by atoms with van der Waals surface area (Å²) >= 11 is 0. The third-order valence-electron chi connectivity index (χ3n) is 8.20. The number of carboxylic acid groups (broad SMARTS) is 1. The van der Waals surface area contributed by atoms with Crippen molar-refractivity contribution in [3.8, 4) is 5.75 Å². The summed E-state index contributed by atoms with van der Waals surface area (Å²) in [6.45, 7) is 1.64. The predicted octanol–water partition coefficient (Wildman–Crippen LogP) is 6.99. The monoisotopic (exact) mass is 687 g/mol. The number of alkyl halides is 3. The normalized spacial score (nSPS) is 14.3. The summed E-state index contributed by atoms with van der Waals surface area (Å²) in [4.78, 5) is 38.5. The quantitative estimate of drug-likeness (QED) is 0.0489. The average Bonchev–Trinajstić information content (AvgIpc) is 3.06. The number of carboxylic acids is 1. The van der Waals surface area contributed by atoms with Crippen LogP contribution in [0, 0.1) is 5.92 Å². The molecule has 0 saturated carbocycles. The fourth-order valence-electron chi connectivity index (χ4n) is 5.26. The van der Waals surface area contributed by atoms with Crippen molar-refractivity contribution < 1.29 is 52.0 Å². The molecule has 0 aliphatic carbocycles. The molecule has 1 aromatic rings. The number of nitrogens with one attached hydrogen (secondary N) is 1. The van der Waals surface area contributed by atoms with Crippen LogP contribution in [0.1, 0.15) is 102 Å². The zero-order chi connectivity index (χ0) is 35.8. The molecule has 0 heterocycles. The Kier molecular flexibility index (Phi) is 21.5. The van der Waals surface area contributed by atoms with E-state index in [0.717, 1.165) is 32.8 Å². The summed E-state index contributed by atoms with van der Waals surface area (Å²) in [5, 5.41) is 23.7. The van der Waals surface area contributed by atoms with Gasteiger partial charge in [0.25, 0.3) is 0 Å². The molecule has 1 amide bonds. The molecule has 0 aliphatic heterocycles. The first kappa shape index (κ1) is 42.9. The minimum Gasteiger partial charge on any atom is -0.494 e. The van der Waals surface area contributed by atoms with Crippen LogP contribution in [0.3, 0.4) is 0 Å². The highest BCUT2D eigenvalue weighted by atomic mass is 19.3. The maximum absolute atomic E-state index is 14.2. The number of ether oxygens (including phenoxy) is 3. The molecule has 0 radical (unpaired) electrons. The molecule has 12 heteroatoms. The van der Waals surface area contributed by atoms with Gasteiger partial charge in [-0.15, -0.1) is 0 Å². The molecule has 274 valence electrons. The zero-order valence-electron chi connectivity index (χ0n) is 28.8. The van der Waals surface area contributed by atoms with Crippen molar-refractivity contribution in [1.29, 1.82) is 0 Å². The number of amides is 1. The first-order valence-corrected chi connectivity index (χ1v) is 17.1. The van der Waals surface area contributed by atoms with E-state index in [4.69, 9.17) is 14.2 Å². The predicted molar refractivity (Wildman–Crippen MR) is 178 cm³/mol. The van der Waals surface area contributed by atoms with Crippen LogP contribution < -0.4 is 10.1 Å². The van der Waals surface area contributed by atoms with Gasteiger partial charge in [-0.05, 0) is 43.4 Å². The fourth-order valence-corrected chi connectivity index (χ4v) is 5.26. The number of rotatable bonds is 28. The molecule has 0 aliphatic rings. The molecule has 0 bridgehead atoms. The van der Waals surface area contributed by atoms with E-state index in [1.165, 1.54) is 13.2 Å². The number of hydrogen-bond donors (Lipinski definition) is 3. The van der Waals surface area contributed by atoms with E-state index < -0.39 is 54.4 Å². The summed E-state index contributed by atoms with van der Waals surface area (Å²) in [5.74, 6) is -7.04. The van der Waals surface area contributed by atoms with Gasteiger partial charge in [0.1, 0.15) is 11.8 Å². The number of benzene rings is 1. The number of aliphatic carboxylic acids is 1. The number of esters is 1. The lowest BCUT2D eigenvalue weighted by molar-refractivity contribution is -0.169. The van der Waals surface area contributed by atoms with Gasteiger partial charge in [0.15, 0.2) is 5.60 Å². The van der Waals surface area contributed by atoms with Crippen LogP contribution in [0.25, 0.3) is 0 Å². The number of halogens is 3. The number of carbonyl (C=O) groups excluding carboxylic acids is 2.